The highest BCUT2D eigenvalue weighted by Gasteiger charge is 2.04. The minimum atomic E-state index is -3.12. The summed E-state index contributed by atoms with van der Waals surface area (Å²) in [6.45, 7) is 6.14. The molecule has 142 valence electrons. The number of guanidine groups is 1. The zero-order valence-electron chi connectivity index (χ0n) is 15.3. The topological polar surface area (TPSA) is 91.8 Å². The van der Waals surface area contributed by atoms with Gasteiger partial charge in [0.25, 0.3) is 0 Å². The smallest absolute Gasteiger partial charge is 0.211 e. The van der Waals surface area contributed by atoms with Crippen molar-refractivity contribution in [3.63, 3.8) is 0 Å². The van der Waals surface area contributed by atoms with Crippen LogP contribution in [0.5, 0.6) is 5.75 Å². The van der Waals surface area contributed by atoms with E-state index in [4.69, 9.17) is 4.74 Å². The van der Waals surface area contributed by atoms with E-state index in [9.17, 15) is 8.42 Å². The molecule has 0 aliphatic rings. The fourth-order valence-corrected chi connectivity index (χ4v) is 2.72. The number of nitrogens with one attached hydrogen (secondary N) is 3. The van der Waals surface area contributed by atoms with Gasteiger partial charge in [0.2, 0.25) is 10.0 Å². The summed E-state index contributed by atoms with van der Waals surface area (Å²) in [5.74, 6) is 1.70. The number of benzene rings is 1. The van der Waals surface area contributed by atoms with Crippen LogP contribution in [0.4, 0.5) is 0 Å². The lowest BCUT2D eigenvalue weighted by Crippen LogP contribution is -2.38. The molecule has 25 heavy (non-hydrogen) atoms. The molecule has 7 nitrogen and oxygen atoms in total. The van der Waals surface area contributed by atoms with E-state index in [0.29, 0.717) is 19.5 Å². The summed E-state index contributed by atoms with van der Waals surface area (Å²) >= 11 is 0. The first kappa shape index (κ1) is 21.2. The minimum absolute atomic E-state index is 0.103. The first-order valence-electron chi connectivity index (χ1n) is 8.63. The standard InChI is InChI=1S/C17H30N4O3S/c1-4-18-17(19-12-6-13-21-25(22,23)5-2)20-14-11-15-7-9-16(24-3)10-8-15/h7-10,21H,4-6,11-14H2,1-3H3,(H2,18,19,20). The van der Waals surface area contributed by atoms with Crippen molar-refractivity contribution in [2.75, 3.05) is 39.0 Å². The summed E-state index contributed by atoms with van der Waals surface area (Å²) in [5, 5.41) is 6.47. The maximum Gasteiger partial charge on any atom is 0.211 e. The lowest BCUT2D eigenvalue weighted by molar-refractivity contribution is 0.414. The molecular formula is C17H30N4O3S. The number of hydrogen-bond donors (Lipinski definition) is 3. The number of sulfonamides is 1. The van der Waals surface area contributed by atoms with Crippen LogP contribution in [0.3, 0.4) is 0 Å². The number of nitrogens with zero attached hydrogens (tertiary/aromatic N) is 1. The lowest BCUT2D eigenvalue weighted by Gasteiger charge is -2.11. The van der Waals surface area contributed by atoms with Crippen molar-refractivity contribution in [3.8, 4) is 5.75 Å². The maximum absolute atomic E-state index is 11.3. The van der Waals surface area contributed by atoms with Gasteiger partial charge in [-0.25, -0.2) is 13.1 Å². The Bertz CT molecular complexity index is 615. The van der Waals surface area contributed by atoms with Gasteiger partial charge in [-0.3, -0.25) is 4.99 Å². The van der Waals surface area contributed by atoms with E-state index in [2.05, 4.69) is 20.3 Å². The van der Waals surface area contributed by atoms with Gasteiger partial charge < -0.3 is 15.4 Å². The van der Waals surface area contributed by atoms with Crippen molar-refractivity contribution in [2.24, 2.45) is 4.99 Å². The van der Waals surface area contributed by atoms with Crippen LogP contribution in [0.15, 0.2) is 29.3 Å². The fraction of sp³-hybridized carbons (Fsp3) is 0.588. The average molecular weight is 371 g/mol. The monoisotopic (exact) mass is 370 g/mol. The fourth-order valence-electron chi connectivity index (χ4n) is 2.06. The zero-order chi connectivity index (χ0) is 18.5. The first-order valence-corrected chi connectivity index (χ1v) is 10.3. The van der Waals surface area contributed by atoms with Crippen LogP contribution in [0, 0.1) is 0 Å². The third kappa shape index (κ3) is 9.31. The Labute approximate surface area is 151 Å². The molecule has 0 aliphatic heterocycles. The van der Waals surface area contributed by atoms with E-state index in [-0.39, 0.29) is 5.75 Å². The van der Waals surface area contributed by atoms with Crippen molar-refractivity contribution < 1.29 is 13.2 Å². The zero-order valence-corrected chi connectivity index (χ0v) is 16.2. The molecule has 1 aromatic rings. The molecule has 3 N–H and O–H groups in total. The normalized spacial score (nSPS) is 12.0. The molecule has 0 amide bonds. The predicted octanol–water partition coefficient (Wildman–Crippen LogP) is 1.12. The third-order valence-electron chi connectivity index (χ3n) is 3.52. The molecule has 1 rings (SSSR count). The van der Waals surface area contributed by atoms with Gasteiger partial charge in [-0.2, -0.15) is 0 Å². The summed E-state index contributed by atoms with van der Waals surface area (Å²) < 4.78 is 30.4. The van der Waals surface area contributed by atoms with Crippen LogP contribution >= 0.6 is 0 Å². The van der Waals surface area contributed by atoms with E-state index in [1.165, 1.54) is 5.56 Å². The number of aliphatic imine (C=N–C) groups is 1. The van der Waals surface area contributed by atoms with Crippen LogP contribution in [0.2, 0.25) is 0 Å². The summed E-state index contributed by atoms with van der Waals surface area (Å²) in [6, 6.07) is 7.99. The van der Waals surface area contributed by atoms with E-state index >= 15 is 0 Å². The Kier molecular flexibility index (Phi) is 9.94. The molecule has 0 saturated heterocycles. The van der Waals surface area contributed by atoms with Crippen molar-refractivity contribution in [1.29, 1.82) is 0 Å². The first-order chi connectivity index (χ1) is 12.0. The molecule has 0 radical (unpaired) electrons. The molecule has 0 fully saturated rings. The van der Waals surface area contributed by atoms with E-state index in [0.717, 1.165) is 31.2 Å². The van der Waals surface area contributed by atoms with Crippen molar-refractivity contribution >= 4 is 16.0 Å². The Morgan fingerprint density at radius 3 is 2.44 bits per heavy atom. The van der Waals surface area contributed by atoms with Gasteiger partial charge >= 0.3 is 0 Å². The number of ether oxygens (including phenoxy) is 1. The van der Waals surface area contributed by atoms with Gasteiger partial charge in [0.1, 0.15) is 5.75 Å². The Balaban J connectivity index is 2.34. The quantitative estimate of drug-likeness (QED) is 0.308. The molecule has 1 aromatic carbocycles. The molecule has 0 heterocycles. The van der Waals surface area contributed by atoms with Crippen molar-refractivity contribution in [3.05, 3.63) is 29.8 Å². The molecule has 0 spiro atoms. The lowest BCUT2D eigenvalue weighted by atomic mass is 10.1. The average Bonchev–Trinajstić information content (AvgIpc) is 2.62. The highest BCUT2D eigenvalue weighted by Crippen LogP contribution is 2.11. The second kappa shape index (κ2) is 11.7. The minimum Gasteiger partial charge on any atom is -0.497 e. The van der Waals surface area contributed by atoms with Gasteiger partial charge in [0.05, 0.1) is 12.9 Å². The second-order valence-electron chi connectivity index (χ2n) is 5.44. The molecule has 8 heteroatoms. The van der Waals surface area contributed by atoms with Gasteiger partial charge in [-0.05, 0) is 44.4 Å². The highest BCUT2D eigenvalue weighted by molar-refractivity contribution is 7.89. The summed E-state index contributed by atoms with van der Waals surface area (Å²) in [7, 11) is -1.46. The Morgan fingerprint density at radius 2 is 1.84 bits per heavy atom. The van der Waals surface area contributed by atoms with Gasteiger partial charge in [-0.1, -0.05) is 12.1 Å². The largest absolute Gasteiger partial charge is 0.497 e. The predicted molar refractivity (Wildman–Crippen MR) is 103 cm³/mol. The Hall–Kier alpha value is -1.80. The number of hydrogen-bond acceptors (Lipinski definition) is 4. The summed E-state index contributed by atoms with van der Waals surface area (Å²) in [5.41, 5.74) is 1.22. The maximum atomic E-state index is 11.3. The Morgan fingerprint density at radius 1 is 1.12 bits per heavy atom. The van der Waals surface area contributed by atoms with E-state index < -0.39 is 10.0 Å². The SMILES string of the molecule is CCNC(=NCCCNS(=O)(=O)CC)NCCc1ccc(OC)cc1. The number of methoxy groups -OCH3 is 1. The van der Waals surface area contributed by atoms with Crippen LogP contribution in [-0.4, -0.2) is 53.4 Å². The van der Waals surface area contributed by atoms with Crippen LogP contribution < -0.4 is 20.1 Å². The van der Waals surface area contributed by atoms with Crippen molar-refractivity contribution in [2.45, 2.75) is 26.7 Å². The van der Waals surface area contributed by atoms with Crippen LogP contribution in [0.25, 0.3) is 0 Å². The summed E-state index contributed by atoms with van der Waals surface area (Å²) in [6.07, 6.45) is 1.54. The molecule has 0 aliphatic carbocycles. The molecule has 0 unspecified atom stereocenters. The third-order valence-corrected chi connectivity index (χ3v) is 4.92. The second-order valence-corrected chi connectivity index (χ2v) is 7.53. The molecular weight excluding hydrogens is 340 g/mol. The molecule has 0 bridgehead atoms. The molecule has 0 atom stereocenters. The number of rotatable bonds is 11. The van der Waals surface area contributed by atoms with Gasteiger partial charge in [0.15, 0.2) is 5.96 Å². The molecule has 0 aromatic heterocycles. The van der Waals surface area contributed by atoms with E-state index in [1.54, 1.807) is 14.0 Å². The highest BCUT2D eigenvalue weighted by atomic mass is 32.2. The van der Waals surface area contributed by atoms with Gasteiger partial charge in [0, 0.05) is 26.2 Å². The van der Waals surface area contributed by atoms with Crippen molar-refractivity contribution in [1.82, 2.24) is 15.4 Å². The molecule has 0 saturated carbocycles. The summed E-state index contributed by atoms with van der Waals surface area (Å²) in [4.78, 5) is 4.46. The van der Waals surface area contributed by atoms with Crippen LogP contribution in [-0.2, 0) is 16.4 Å². The van der Waals surface area contributed by atoms with Crippen LogP contribution in [0.1, 0.15) is 25.8 Å². The van der Waals surface area contributed by atoms with E-state index in [1.807, 2.05) is 31.2 Å². The van der Waals surface area contributed by atoms with Gasteiger partial charge in [-0.15, -0.1) is 0 Å².